The Morgan fingerprint density at radius 2 is 1.70 bits per heavy atom. The van der Waals surface area contributed by atoms with Crippen molar-refractivity contribution in [3.05, 3.63) is 87.9 Å². The summed E-state index contributed by atoms with van der Waals surface area (Å²) in [5.41, 5.74) is 0.746. The fourth-order valence-corrected chi connectivity index (χ4v) is 3.94. The van der Waals surface area contributed by atoms with Crippen LogP contribution < -0.4 is 5.01 Å². The first-order valence-electron chi connectivity index (χ1n) is 8.26. The molecule has 1 aliphatic rings. The van der Waals surface area contributed by atoms with Crippen LogP contribution in [0.1, 0.15) is 28.5 Å². The average Bonchev–Trinajstić information content (AvgIpc) is 3.31. The van der Waals surface area contributed by atoms with E-state index in [4.69, 9.17) is 0 Å². The highest BCUT2D eigenvalue weighted by Gasteiger charge is 2.39. The van der Waals surface area contributed by atoms with Crippen LogP contribution in [0, 0.1) is 5.82 Å². The van der Waals surface area contributed by atoms with Gasteiger partial charge in [-0.25, -0.2) is 4.39 Å². The van der Waals surface area contributed by atoms with E-state index in [0.717, 1.165) is 16.7 Å². The summed E-state index contributed by atoms with van der Waals surface area (Å²) in [6.07, 6.45) is -4.12. The lowest BCUT2D eigenvalue weighted by molar-refractivity contribution is -0.138. The van der Waals surface area contributed by atoms with Gasteiger partial charge in [0.05, 0.1) is 27.9 Å². The quantitative estimate of drug-likeness (QED) is 0.482. The SMILES string of the molecule is Fc1ccc(N2N=C(c3cccs3)C[C@H]2c2ccccc2C(F)(F)F)cc1. The molecule has 0 N–H and O–H groups in total. The molecule has 2 aromatic carbocycles. The summed E-state index contributed by atoms with van der Waals surface area (Å²) in [6, 6.07) is 14.3. The number of anilines is 1. The number of hydrazone groups is 1. The predicted octanol–water partition coefficient (Wildman–Crippen LogP) is 6.26. The van der Waals surface area contributed by atoms with E-state index < -0.39 is 23.6 Å². The Morgan fingerprint density at radius 3 is 2.37 bits per heavy atom. The van der Waals surface area contributed by atoms with Gasteiger partial charge in [-0.2, -0.15) is 18.3 Å². The van der Waals surface area contributed by atoms with Crippen molar-refractivity contribution in [2.75, 3.05) is 5.01 Å². The van der Waals surface area contributed by atoms with E-state index in [0.29, 0.717) is 12.1 Å². The highest BCUT2D eigenvalue weighted by molar-refractivity contribution is 7.12. The van der Waals surface area contributed by atoms with Gasteiger partial charge in [0.15, 0.2) is 0 Å². The molecule has 0 aliphatic carbocycles. The summed E-state index contributed by atoms with van der Waals surface area (Å²) >= 11 is 1.49. The number of hydrogen-bond acceptors (Lipinski definition) is 3. The third-order valence-corrected chi connectivity index (χ3v) is 5.35. The molecule has 2 nitrogen and oxygen atoms in total. The number of halogens is 4. The van der Waals surface area contributed by atoms with Crippen LogP contribution in [0.25, 0.3) is 0 Å². The molecule has 0 fully saturated rings. The Bertz CT molecular complexity index is 962. The van der Waals surface area contributed by atoms with E-state index in [2.05, 4.69) is 5.10 Å². The van der Waals surface area contributed by atoms with E-state index in [1.54, 1.807) is 11.1 Å². The molecule has 0 spiro atoms. The maximum atomic E-state index is 13.6. The van der Waals surface area contributed by atoms with Crippen molar-refractivity contribution in [1.82, 2.24) is 0 Å². The molecule has 4 rings (SSSR count). The lowest BCUT2D eigenvalue weighted by atomic mass is 9.95. The highest BCUT2D eigenvalue weighted by Crippen LogP contribution is 2.42. The van der Waals surface area contributed by atoms with Gasteiger partial charge < -0.3 is 0 Å². The number of alkyl halides is 3. The third-order valence-electron chi connectivity index (χ3n) is 4.43. The summed E-state index contributed by atoms with van der Waals surface area (Å²) in [4.78, 5) is 0.911. The first-order valence-corrected chi connectivity index (χ1v) is 9.14. The Balaban J connectivity index is 1.81. The molecule has 3 aromatic rings. The van der Waals surface area contributed by atoms with Gasteiger partial charge in [-0.1, -0.05) is 24.3 Å². The second-order valence-corrected chi connectivity index (χ2v) is 7.10. The standard InChI is InChI=1S/C20H14F4N2S/c21-13-7-9-14(10-8-13)26-18(12-17(25-26)19-6-3-11-27-19)15-4-1-2-5-16(15)20(22,23)24/h1-11,18H,12H2/t18-/m0/s1. The number of benzene rings is 2. The molecular formula is C20H14F4N2S. The van der Waals surface area contributed by atoms with Crippen LogP contribution in [0.15, 0.2) is 71.1 Å². The normalized spacial score (nSPS) is 17.3. The lowest BCUT2D eigenvalue weighted by Crippen LogP contribution is -2.22. The molecule has 2 heterocycles. The molecule has 138 valence electrons. The van der Waals surface area contributed by atoms with Crippen molar-refractivity contribution in [3.8, 4) is 0 Å². The van der Waals surface area contributed by atoms with E-state index >= 15 is 0 Å². The Morgan fingerprint density at radius 1 is 0.963 bits per heavy atom. The number of nitrogens with zero attached hydrogens (tertiary/aromatic N) is 2. The van der Waals surface area contributed by atoms with Crippen LogP contribution >= 0.6 is 11.3 Å². The van der Waals surface area contributed by atoms with E-state index in [9.17, 15) is 17.6 Å². The van der Waals surface area contributed by atoms with Crippen molar-refractivity contribution in [3.63, 3.8) is 0 Å². The summed E-state index contributed by atoms with van der Waals surface area (Å²) in [5, 5.41) is 8.04. The molecule has 1 aromatic heterocycles. The lowest BCUT2D eigenvalue weighted by Gasteiger charge is -2.26. The Kier molecular flexibility index (Phi) is 4.47. The zero-order valence-electron chi connectivity index (χ0n) is 13.9. The van der Waals surface area contributed by atoms with Gasteiger partial charge in [0.25, 0.3) is 0 Å². The van der Waals surface area contributed by atoms with Crippen LogP contribution in [0.2, 0.25) is 0 Å². The summed E-state index contributed by atoms with van der Waals surface area (Å²) in [6.45, 7) is 0. The van der Waals surface area contributed by atoms with Gasteiger partial charge in [-0.3, -0.25) is 5.01 Å². The van der Waals surface area contributed by atoms with Crippen molar-refractivity contribution in [2.24, 2.45) is 5.10 Å². The maximum absolute atomic E-state index is 13.6. The van der Waals surface area contributed by atoms with Crippen LogP contribution in [-0.2, 0) is 6.18 Å². The zero-order chi connectivity index (χ0) is 19.0. The minimum absolute atomic E-state index is 0.157. The zero-order valence-corrected chi connectivity index (χ0v) is 14.8. The van der Waals surface area contributed by atoms with Gasteiger partial charge >= 0.3 is 6.18 Å². The number of thiophene rings is 1. The van der Waals surface area contributed by atoms with Crippen molar-refractivity contribution in [2.45, 2.75) is 18.6 Å². The molecule has 0 bridgehead atoms. The molecule has 1 atom stereocenters. The molecule has 7 heteroatoms. The van der Waals surface area contributed by atoms with E-state index in [1.165, 1.54) is 47.7 Å². The molecule has 0 radical (unpaired) electrons. The largest absolute Gasteiger partial charge is 0.416 e. The van der Waals surface area contributed by atoms with Gasteiger partial charge in [-0.05, 0) is 47.3 Å². The Labute approximate surface area is 157 Å². The third kappa shape index (κ3) is 3.47. The van der Waals surface area contributed by atoms with Crippen molar-refractivity contribution < 1.29 is 17.6 Å². The molecule has 0 saturated carbocycles. The number of hydrogen-bond donors (Lipinski definition) is 0. The van der Waals surface area contributed by atoms with Crippen LogP contribution in [0.4, 0.5) is 23.2 Å². The van der Waals surface area contributed by atoms with E-state index in [1.807, 2.05) is 17.5 Å². The summed E-state index contributed by atoms with van der Waals surface area (Å²) in [5.74, 6) is -0.410. The second-order valence-electron chi connectivity index (χ2n) is 6.15. The molecule has 1 aliphatic heterocycles. The average molecular weight is 390 g/mol. The predicted molar refractivity (Wildman–Crippen MR) is 98.5 cm³/mol. The minimum Gasteiger partial charge on any atom is -0.257 e. The fraction of sp³-hybridized carbons (Fsp3) is 0.150. The smallest absolute Gasteiger partial charge is 0.257 e. The van der Waals surface area contributed by atoms with Gasteiger partial charge in [0.2, 0.25) is 0 Å². The first kappa shape index (κ1) is 17.7. The molecule has 27 heavy (non-hydrogen) atoms. The second kappa shape index (κ2) is 6.81. The van der Waals surface area contributed by atoms with Gasteiger partial charge in [0.1, 0.15) is 5.82 Å². The van der Waals surface area contributed by atoms with Gasteiger partial charge in [-0.15, -0.1) is 11.3 Å². The van der Waals surface area contributed by atoms with Crippen molar-refractivity contribution >= 4 is 22.7 Å². The molecule has 0 saturated heterocycles. The van der Waals surface area contributed by atoms with E-state index in [-0.39, 0.29) is 5.56 Å². The minimum atomic E-state index is -4.46. The Hall–Kier alpha value is -2.67. The molecular weight excluding hydrogens is 376 g/mol. The van der Waals surface area contributed by atoms with Crippen LogP contribution in [-0.4, -0.2) is 5.71 Å². The monoisotopic (exact) mass is 390 g/mol. The van der Waals surface area contributed by atoms with Crippen LogP contribution in [0.3, 0.4) is 0 Å². The van der Waals surface area contributed by atoms with Crippen molar-refractivity contribution in [1.29, 1.82) is 0 Å². The molecule has 0 amide bonds. The summed E-state index contributed by atoms with van der Waals surface area (Å²) in [7, 11) is 0. The number of rotatable bonds is 3. The first-order chi connectivity index (χ1) is 12.9. The highest BCUT2D eigenvalue weighted by atomic mass is 32.1. The molecule has 0 unspecified atom stereocenters. The van der Waals surface area contributed by atoms with Crippen LogP contribution in [0.5, 0.6) is 0 Å². The van der Waals surface area contributed by atoms with Gasteiger partial charge in [0, 0.05) is 6.42 Å². The topological polar surface area (TPSA) is 15.6 Å². The maximum Gasteiger partial charge on any atom is 0.416 e. The summed E-state index contributed by atoms with van der Waals surface area (Å²) < 4.78 is 54.0. The fourth-order valence-electron chi connectivity index (χ4n) is 3.22.